The summed E-state index contributed by atoms with van der Waals surface area (Å²) < 4.78 is 16.2. The average Bonchev–Trinajstić information content (AvgIpc) is 3.60. The van der Waals surface area contributed by atoms with Crippen LogP contribution in [0, 0.1) is 0 Å². The van der Waals surface area contributed by atoms with E-state index >= 15 is 0 Å². The maximum absolute atomic E-state index is 13.0. The Kier molecular flexibility index (Phi) is 6.39. The molecule has 0 bridgehead atoms. The molecular weight excluding hydrogens is 460 g/mol. The standard InChI is InChI=1S/C26H22N6O4/c1-34-18-9-10-23(35-2)19(13-18)21-14-22(31-30-21)26(33)28-20-8-4-3-6-16(20)12-24-29-25(32-36-24)17-7-5-11-27-15-17/h3-11,13-15H,12H2,1-2H3,(H,28,33)(H,30,31). The monoisotopic (exact) mass is 482 g/mol. The van der Waals surface area contributed by atoms with Crippen molar-refractivity contribution >= 4 is 11.6 Å². The molecule has 10 heteroatoms. The second kappa shape index (κ2) is 10.1. The van der Waals surface area contributed by atoms with Crippen molar-refractivity contribution in [3.05, 3.63) is 90.2 Å². The maximum atomic E-state index is 13.0. The van der Waals surface area contributed by atoms with Gasteiger partial charge >= 0.3 is 0 Å². The Morgan fingerprint density at radius 2 is 1.94 bits per heavy atom. The number of aromatic amines is 1. The first-order valence-corrected chi connectivity index (χ1v) is 11.0. The van der Waals surface area contributed by atoms with E-state index in [1.165, 1.54) is 0 Å². The number of carbonyl (C=O) groups is 1. The molecule has 0 aliphatic heterocycles. The Balaban J connectivity index is 1.34. The molecule has 0 aliphatic carbocycles. The van der Waals surface area contributed by atoms with Crippen LogP contribution in [0.4, 0.5) is 5.69 Å². The van der Waals surface area contributed by atoms with Gasteiger partial charge in [0.15, 0.2) is 0 Å². The van der Waals surface area contributed by atoms with Crippen molar-refractivity contribution in [2.45, 2.75) is 6.42 Å². The average molecular weight is 483 g/mol. The normalized spacial score (nSPS) is 10.7. The lowest BCUT2D eigenvalue weighted by molar-refractivity contribution is 0.102. The number of ether oxygens (including phenoxy) is 2. The second-order valence-corrected chi connectivity index (χ2v) is 7.77. The summed E-state index contributed by atoms with van der Waals surface area (Å²) in [7, 11) is 3.16. The summed E-state index contributed by atoms with van der Waals surface area (Å²) in [5, 5.41) is 14.1. The smallest absolute Gasteiger partial charge is 0.273 e. The van der Waals surface area contributed by atoms with E-state index in [9.17, 15) is 4.79 Å². The number of hydrogen-bond acceptors (Lipinski definition) is 8. The topological polar surface area (TPSA) is 128 Å². The van der Waals surface area contributed by atoms with Crippen LogP contribution in [0.25, 0.3) is 22.6 Å². The highest BCUT2D eigenvalue weighted by molar-refractivity contribution is 6.04. The summed E-state index contributed by atoms with van der Waals surface area (Å²) in [6.07, 6.45) is 3.70. The van der Waals surface area contributed by atoms with Gasteiger partial charge in [-0.3, -0.25) is 14.9 Å². The van der Waals surface area contributed by atoms with E-state index in [2.05, 4.69) is 30.6 Å². The number of pyridine rings is 1. The number of carbonyl (C=O) groups excluding carboxylic acids is 1. The number of nitrogens with one attached hydrogen (secondary N) is 2. The number of H-pyrrole nitrogens is 1. The molecule has 36 heavy (non-hydrogen) atoms. The molecule has 5 rings (SSSR count). The molecular formula is C26H22N6O4. The van der Waals surface area contributed by atoms with Gasteiger partial charge in [-0.1, -0.05) is 23.4 Å². The van der Waals surface area contributed by atoms with Crippen molar-refractivity contribution in [3.8, 4) is 34.1 Å². The fraction of sp³-hybridized carbons (Fsp3) is 0.115. The highest BCUT2D eigenvalue weighted by Gasteiger charge is 2.17. The van der Waals surface area contributed by atoms with Crippen LogP contribution in [0.2, 0.25) is 0 Å². The number of rotatable bonds is 8. The highest BCUT2D eigenvalue weighted by Crippen LogP contribution is 2.32. The van der Waals surface area contributed by atoms with Crippen molar-refractivity contribution in [3.63, 3.8) is 0 Å². The number of amides is 1. The van der Waals surface area contributed by atoms with E-state index in [1.54, 1.807) is 56.9 Å². The molecule has 0 saturated carbocycles. The van der Waals surface area contributed by atoms with Crippen molar-refractivity contribution < 1.29 is 18.8 Å². The molecule has 10 nitrogen and oxygen atoms in total. The largest absolute Gasteiger partial charge is 0.497 e. The number of anilines is 1. The molecule has 5 aromatic rings. The van der Waals surface area contributed by atoms with Gasteiger partial charge < -0.3 is 19.3 Å². The minimum atomic E-state index is -0.343. The van der Waals surface area contributed by atoms with Gasteiger partial charge in [-0.2, -0.15) is 10.1 Å². The van der Waals surface area contributed by atoms with Gasteiger partial charge in [0.2, 0.25) is 11.7 Å². The molecule has 3 heterocycles. The molecule has 2 N–H and O–H groups in total. The molecule has 0 fully saturated rings. The number of para-hydroxylation sites is 1. The van der Waals surface area contributed by atoms with Crippen molar-refractivity contribution in [1.29, 1.82) is 0 Å². The SMILES string of the molecule is COc1ccc(OC)c(-c2cc(C(=O)Nc3ccccc3Cc3nc(-c4cccnc4)no3)[nH]n2)c1. The summed E-state index contributed by atoms with van der Waals surface area (Å²) >= 11 is 0. The molecule has 0 radical (unpaired) electrons. The van der Waals surface area contributed by atoms with E-state index in [-0.39, 0.29) is 5.91 Å². The summed E-state index contributed by atoms with van der Waals surface area (Å²) in [6, 6.07) is 18.1. The lowest BCUT2D eigenvalue weighted by Crippen LogP contribution is -2.14. The zero-order chi connectivity index (χ0) is 24.9. The van der Waals surface area contributed by atoms with Crippen molar-refractivity contribution in [2.75, 3.05) is 19.5 Å². The summed E-state index contributed by atoms with van der Waals surface area (Å²) in [4.78, 5) is 21.6. The van der Waals surface area contributed by atoms with Crippen LogP contribution in [0.1, 0.15) is 21.9 Å². The van der Waals surface area contributed by atoms with E-state index in [1.807, 2.05) is 30.3 Å². The molecule has 1 amide bonds. The lowest BCUT2D eigenvalue weighted by Gasteiger charge is -2.09. The van der Waals surface area contributed by atoms with Crippen molar-refractivity contribution in [1.82, 2.24) is 25.3 Å². The molecule has 0 atom stereocenters. The zero-order valence-electron chi connectivity index (χ0n) is 19.6. The number of hydrogen-bond donors (Lipinski definition) is 2. The van der Waals surface area contributed by atoms with Crippen LogP contribution in [-0.2, 0) is 6.42 Å². The third-order valence-corrected chi connectivity index (χ3v) is 5.50. The second-order valence-electron chi connectivity index (χ2n) is 7.77. The Hall–Kier alpha value is -4.99. The predicted molar refractivity (Wildman–Crippen MR) is 132 cm³/mol. The summed E-state index contributed by atoms with van der Waals surface area (Å²) in [5.41, 5.74) is 3.75. The van der Waals surface area contributed by atoms with E-state index in [0.717, 1.165) is 11.1 Å². The van der Waals surface area contributed by atoms with Gasteiger partial charge in [0.05, 0.1) is 26.3 Å². The predicted octanol–water partition coefficient (Wildman–Crippen LogP) is 4.38. The number of aromatic nitrogens is 5. The highest BCUT2D eigenvalue weighted by atomic mass is 16.5. The number of benzene rings is 2. The Labute approximate surface area is 206 Å². The first kappa shape index (κ1) is 22.8. The first-order valence-electron chi connectivity index (χ1n) is 11.0. The minimum absolute atomic E-state index is 0.293. The minimum Gasteiger partial charge on any atom is -0.497 e. The van der Waals surface area contributed by atoms with E-state index in [4.69, 9.17) is 14.0 Å². The Morgan fingerprint density at radius 1 is 1.06 bits per heavy atom. The fourth-order valence-electron chi connectivity index (χ4n) is 3.68. The third kappa shape index (κ3) is 4.78. The van der Waals surface area contributed by atoms with E-state index in [0.29, 0.717) is 52.3 Å². The molecule has 2 aromatic carbocycles. The fourth-order valence-corrected chi connectivity index (χ4v) is 3.68. The van der Waals surface area contributed by atoms with Gasteiger partial charge in [0.25, 0.3) is 5.91 Å². The molecule has 0 saturated heterocycles. The Morgan fingerprint density at radius 3 is 2.75 bits per heavy atom. The zero-order valence-corrected chi connectivity index (χ0v) is 19.6. The summed E-state index contributed by atoms with van der Waals surface area (Å²) in [5.74, 6) is 1.80. The van der Waals surface area contributed by atoms with Crippen LogP contribution >= 0.6 is 0 Å². The number of methoxy groups -OCH3 is 2. The molecule has 0 aliphatic rings. The van der Waals surface area contributed by atoms with Crippen LogP contribution in [0.3, 0.4) is 0 Å². The van der Waals surface area contributed by atoms with Gasteiger partial charge in [0.1, 0.15) is 17.2 Å². The molecule has 0 spiro atoms. The van der Waals surface area contributed by atoms with Gasteiger partial charge in [0, 0.05) is 29.2 Å². The van der Waals surface area contributed by atoms with Gasteiger partial charge in [-0.15, -0.1) is 0 Å². The lowest BCUT2D eigenvalue weighted by atomic mass is 10.1. The van der Waals surface area contributed by atoms with Crippen LogP contribution in [0.5, 0.6) is 11.5 Å². The van der Waals surface area contributed by atoms with E-state index < -0.39 is 0 Å². The summed E-state index contributed by atoms with van der Waals surface area (Å²) in [6.45, 7) is 0. The van der Waals surface area contributed by atoms with Crippen LogP contribution in [0.15, 0.2) is 77.6 Å². The molecule has 180 valence electrons. The third-order valence-electron chi connectivity index (χ3n) is 5.50. The molecule has 0 unspecified atom stereocenters. The van der Waals surface area contributed by atoms with Crippen LogP contribution < -0.4 is 14.8 Å². The molecule has 3 aromatic heterocycles. The van der Waals surface area contributed by atoms with Gasteiger partial charge in [-0.25, -0.2) is 0 Å². The van der Waals surface area contributed by atoms with Crippen molar-refractivity contribution in [2.24, 2.45) is 0 Å². The Bertz CT molecular complexity index is 1500. The van der Waals surface area contributed by atoms with Gasteiger partial charge in [-0.05, 0) is 48.0 Å². The number of nitrogens with zero attached hydrogens (tertiary/aromatic N) is 4. The maximum Gasteiger partial charge on any atom is 0.273 e. The first-order chi connectivity index (χ1) is 17.6. The quantitative estimate of drug-likeness (QED) is 0.333. The van der Waals surface area contributed by atoms with Crippen LogP contribution in [-0.4, -0.2) is 45.4 Å².